The molecular weight excluding hydrogens is 278 g/mol. The van der Waals surface area contributed by atoms with Gasteiger partial charge in [0.1, 0.15) is 0 Å². The van der Waals surface area contributed by atoms with Gasteiger partial charge in [0.2, 0.25) is 5.91 Å². The maximum atomic E-state index is 12.6. The summed E-state index contributed by atoms with van der Waals surface area (Å²) in [5.74, 6) is -0.256. The number of benzene rings is 2. The van der Waals surface area contributed by atoms with Crippen molar-refractivity contribution in [2.24, 2.45) is 0 Å². The maximum Gasteiger partial charge on any atom is 0.294 e. The zero-order valence-electron chi connectivity index (χ0n) is 12.1. The lowest BCUT2D eigenvalue weighted by atomic mass is 10.2. The van der Waals surface area contributed by atoms with Gasteiger partial charge in [-0.3, -0.25) is 14.2 Å². The predicted molar refractivity (Wildman–Crippen MR) is 85.9 cm³/mol. The highest BCUT2D eigenvalue weighted by molar-refractivity contribution is 5.88. The SMILES string of the molecule is CC(=O)Nc1nc2ccccc2n(Cc2ccccc2)c1=O. The third-order valence-electron chi connectivity index (χ3n) is 3.33. The van der Waals surface area contributed by atoms with Gasteiger partial charge in [0, 0.05) is 6.92 Å². The summed E-state index contributed by atoms with van der Waals surface area (Å²) in [5, 5.41) is 2.51. The van der Waals surface area contributed by atoms with Gasteiger partial charge in [-0.15, -0.1) is 0 Å². The molecule has 0 radical (unpaired) electrons. The number of nitrogens with one attached hydrogen (secondary N) is 1. The Kier molecular flexibility index (Phi) is 3.70. The fourth-order valence-corrected chi connectivity index (χ4v) is 2.36. The minimum atomic E-state index is -0.314. The normalized spacial score (nSPS) is 10.6. The summed E-state index contributed by atoms with van der Waals surface area (Å²) in [7, 11) is 0. The highest BCUT2D eigenvalue weighted by atomic mass is 16.2. The van der Waals surface area contributed by atoms with E-state index in [2.05, 4.69) is 10.3 Å². The second kappa shape index (κ2) is 5.81. The van der Waals surface area contributed by atoms with Gasteiger partial charge in [0.25, 0.3) is 5.56 Å². The van der Waals surface area contributed by atoms with Gasteiger partial charge >= 0.3 is 0 Å². The molecule has 0 bridgehead atoms. The van der Waals surface area contributed by atoms with Crippen molar-refractivity contribution in [2.75, 3.05) is 5.32 Å². The Balaban J connectivity index is 2.19. The lowest BCUT2D eigenvalue weighted by Gasteiger charge is -2.12. The Hall–Kier alpha value is -2.95. The number of nitrogens with zero attached hydrogens (tertiary/aromatic N) is 2. The summed E-state index contributed by atoms with van der Waals surface area (Å²) in [5.41, 5.74) is 2.11. The van der Waals surface area contributed by atoms with Crippen LogP contribution in [0.5, 0.6) is 0 Å². The van der Waals surface area contributed by atoms with Crippen LogP contribution in [0.3, 0.4) is 0 Å². The van der Waals surface area contributed by atoms with Crippen molar-refractivity contribution in [3.8, 4) is 0 Å². The van der Waals surface area contributed by atoms with Crippen LogP contribution in [0.1, 0.15) is 12.5 Å². The molecule has 1 aromatic heterocycles. The van der Waals surface area contributed by atoms with Gasteiger partial charge in [0.15, 0.2) is 5.82 Å². The first-order valence-corrected chi connectivity index (χ1v) is 6.96. The van der Waals surface area contributed by atoms with Gasteiger partial charge in [-0.2, -0.15) is 0 Å². The van der Waals surface area contributed by atoms with Crippen molar-refractivity contribution in [3.05, 3.63) is 70.5 Å². The second-order valence-electron chi connectivity index (χ2n) is 5.01. The topological polar surface area (TPSA) is 64.0 Å². The first kappa shape index (κ1) is 14.0. The maximum absolute atomic E-state index is 12.6. The van der Waals surface area contributed by atoms with Crippen molar-refractivity contribution in [2.45, 2.75) is 13.5 Å². The Labute approximate surface area is 127 Å². The Bertz CT molecular complexity index is 885. The molecule has 0 aliphatic heterocycles. The lowest BCUT2D eigenvalue weighted by molar-refractivity contribution is -0.114. The van der Waals surface area contributed by atoms with E-state index in [1.807, 2.05) is 54.6 Å². The molecule has 5 heteroatoms. The molecular formula is C17H15N3O2. The summed E-state index contributed by atoms with van der Waals surface area (Å²) in [6.45, 7) is 1.78. The number of carbonyl (C=O) groups excluding carboxylic acids is 1. The van der Waals surface area contributed by atoms with E-state index in [4.69, 9.17) is 0 Å². The molecule has 0 aliphatic rings. The van der Waals surface area contributed by atoms with E-state index in [1.54, 1.807) is 4.57 Å². The smallest absolute Gasteiger partial charge is 0.294 e. The molecule has 110 valence electrons. The molecule has 22 heavy (non-hydrogen) atoms. The molecule has 1 amide bonds. The first-order chi connectivity index (χ1) is 10.6. The Morgan fingerprint density at radius 3 is 2.50 bits per heavy atom. The third kappa shape index (κ3) is 2.74. The number of anilines is 1. The number of hydrogen-bond acceptors (Lipinski definition) is 3. The van der Waals surface area contributed by atoms with Gasteiger partial charge in [-0.05, 0) is 17.7 Å². The Morgan fingerprint density at radius 2 is 1.77 bits per heavy atom. The molecule has 0 spiro atoms. The summed E-state index contributed by atoms with van der Waals surface area (Å²) >= 11 is 0. The van der Waals surface area contributed by atoms with Crippen molar-refractivity contribution < 1.29 is 4.79 Å². The number of rotatable bonds is 3. The van der Waals surface area contributed by atoms with Crippen LogP contribution in [0, 0.1) is 0 Å². The van der Waals surface area contributed by atoms with Crippen LogP contribution in [-0.2, 0) is 11.3 Å². The summed E-state index contributed by atoms with van der Waals surface area (Å²) < 4.78 is 1.63. The van der Waals surface area contributed by atoms with E-state index in [0.717, 1.165) is 11.1 Å². The minimum Gasteiger partial charge on any atom is -0.306 e. The molecule has 2 aromatic carbocycles. The zero-order valence-corrected chi connectivity index (χ0v) is 12.1. The zero-order chi connectivity index (χ0) is 15.5. The molecule has 1 heterocycles. The minimum absolute atomic E-state index is 0.0575. The Morgan fingerprint density at radius 1 is 1.09 bits per heavy atom. The van der Waals surface area contributed by atoms with E-state index in [-0.39, 0.29) is 17.3 Å². The quantitative estimate of drug-likeness (QED) is 0.806. The number of hydrogen-bond donors (Lipinski definition) is 1. The molecule has 0 saturated heterocycles. The van der Waals surface area contributed by atoms with Gasteiger partial charge in [-0.25, -0.2) is 4.98 Å². The molecule has 5 nitrogen and oxygen atoms in total. The van der Waals surface area contributed by atoms with Crippen LogP contribution >= 0.6 is 0 Å². The molecule has 3 rings (SSSR count). The average molecular weight is 293 g/mol. The van der Waals surface area contributed by atoms with Crippen molar-refractivity contribution in [3.63, 3.8) is 0 Å². The summed E-state index contributed by atoms with van der Waals surface area (Å²) in [6.07, 6.45) is 0. The molecule has 0 fully saturated rings. The number of amides is 1. The summed E-state index contributed by atoms with van der Waals surface area (Å²) in [6, 6.07) is 17.1. The predicted octanol–water partition coefficient (Wildman–Crippen LogP) is 2.40. The standard InChI is InChI=1S/C17H15N3O2/c1-12(21)18-16-17(22)20(11-13-7-3-2-4-8-13)15-10-6-5-9-14(15)19-16/h2-10H,11H2,1H3,(H,18,19,21). The van der Waals surface area contributed by atoms with Crippen LogP contribution < -0.4 is 10.9 Å². The molecule has 0 unspecified atom stereocenters. The van der Waals surface area contributed by atoms with Crippen LogP contribution in [0.4, 0.5) is 5.82 Å². The highest BCUT2D eigenvalue weighted by Crippen LogP contribution is 2.13. The van der Waals surface area contributed by atoms with Crippen LogP contribution in [0.15, 0.2) is 59.4 Å². The lowest BCUT2D eigenvalue weighted by Crippen LogP contribution is -2.27. The monoisotopic (exact) mass is 293 g/mol. The van der Waals surface area contributed by atoms with Crippen molar-refractivity contribution in [1.29, 1.82) is 0 Å². The highest BCUT2D eigenvalue weighted by Gasteiger charge is 2.12. The van der Waals surface area contributed by atoms with Crippen molar-refractivity contribution >= 4 is 22.8 Å². The average Bonchev–Trinajstić information content (AvgIpc) is 2.52. The molecule has 3 aromatic rings. The van der Waals surface area contributed by atoms with Gasteiger partial charge < -0.3 is 5.32 Å². The fraction of sp³-hybridized carbons (Fsp3) is 0.118. The van der Waals surface area contributed by atoms with E-state index in [1.165, 1.54) is 6.92 Å². The first-order valence-electron chi connectivity index (χ1n) is 6.96. The van der Waals surface area contributed by atoms with E-state index in [0.29, 0.717) is 12.1 Å². The van der Waals surface area contributed by atoms with Crippen LogP contribution in [0.2, 0.25) is 0 Å². The number of aromatic nitrogens is 2. The van der Waals surface area contributed by atoms with Gasteiger partial charge in [0.05, 0.1) is 17.6 Å². The third-order valence-corrected chi connectivity index (χ3v) is 3.33. The van der Waals surface area contributed by atoms with Gasteiger partial charge in [-0.1, -0.05) is 42.5 Å². The van der Waals surface area contributed by atoms with Crippen molar-refractivity contribution in [1.82, 2.24) is 9.55 Å². The number of fused-ring (bicyclic) bond motifs is 1. The van der Waals surface area contributed by atoms with E-state index >= 15 is 0 Å². The molecule has 0 atom stereocenters. The molecule has 0 saturated carbocycles. The number of carbonyl (C=O) groups is 1. The van der Waals surface area contributed by atoms with Crippen LogP contribution in [-0.4, -0.2) is 15.5 Å². The molecule has 0 aliphatic carbocycles. The second-order valence-corrected chi connectivity index (χ2v) is 5.01. The molecule has 1 N–H and O–H groups in total. The number of para-hydroxylation sites is 2. The summed E-state index contributed by atoms with van der Waals surface area (Å²) in [4.78, 5) is 28.1. The largest absolute Gasteiger partial charge is 0.306 e. The fourth-order valence-electron chi connectivity index (χ4n) is 2.36. The van der Waals surface area contributed by atoms with E-state index < -0.39 is 0 Å². The van der Waals surface area contributed by atoms with Crippen LogP contribution in [0.25, 0.3) is 11.0 Å². The van der Waals surface area contributed by atoms with E-state index in [9.17, 15) is 9.59 Å².